The van der Waals surface area contributed by atoms with Crippen molar-refractivity contribution in [1.29, 1.82) is 0 Å². The summed E-state index contributed by atoms with van der Waals surface area (Å²) in [5, 5.41) is 8.74. The van der Waals surface area contributed by atoms with Crippen LogP contribution >= 0.6 is 0 Å². The van der Waals surface area contributed by atoms with Crippen LogP contribution in [0.25, 0.3) is 0 Å². The standard InChI is InChI=1S/C12H18N2O2/c1-3-7-14(4-2)9-11-6-5-10(8-13-11)12(15)16/h5-6,8H,3-4,7,9H2,1-2H3,(H,15,16). The van der Waals surface area contributed by atoms with E-state index in [2.05, 4.69) is 23.7 Å². The van der Waals surface area contributed by atoms with E-state index >= 15 is 0 Å². The molecule has 1 heterocycles. The fourth-order valence-corrected chi connectivity index (χ4v) is 1.54. The van der Waals surface area contributed by atoms with E-state index < -0.39 is 5.97 Å². The van der Waals surface area contributed by atoms with Crippen molar-refractivity contribution in [1.82, 2.24) is 9.88 Å². The van der Waals surface area contributed by atoms with Gasteiger partial charge in [-0.15, -0.1) is 0 Å². The van der Waals surface area contributed by atoms with Crippen LogP contribution in [0.1, 0.15) is 36.3 Å². The number of hydrogen-bond acceptors (Lipinski definition) is 3. The molecular weight excluding hydrogens is 204 g/mol. The number of pyridine rings is 1. The Balaban J connectivity index is 2.63. The smallest absolute Gasteiger partial charge is 0.337 e. The van der Waals surface area contributed by atoms with Gasteiger partial charge in [0, 0.05) is 12.7 Å². The van der Waals surface area contributed by atoms with E-state index in [1.54, 1.807) is 12.1 Å². The second-order valence-electron chi connectivity index (χ2n) is 3.71. The predicted octanol–water partition coefficient (Wildman–Crippen LogP) is 2.01. The molecule has 0 fully saturated rings. The zero-order chi connectivity index (χ0) is 12.0. The maximum Gasteiger partial charge on any atom is 0.337 e. The van der Waals surface area contributed by atoms with Crippen LogP contribution in [0.4, 0.5) is 0 Å². The monoisotopic (exact) mass is 222 g/mol. The third-order valence-electron chi connectivity index (χ3n) is 2.44. The Bertz CT molecular complexity index is 335. The van der Waals surface area contributed by atoms with Gasteiger partial charge in [0.25, 0.3) is 0 Å². The molecule has 1 rings (SSSR count). The van der Waals surface area contributed by atoms with Crippen molar-refractivity contribution in [2.45, 2.75) is 26.8 Å². The first-order valence-corrected chi connectivity index (χ1v) is 5.58. The van der Waals surface area contributed by atoms with E-state index in [0.29, 0.717) is 0 Å². The quantitative estimate of drug-likeness (QED) is 0.800. The molecule has 0 aliphatic carbocycles. The summed E-state index contributed by atoms with van der Waals surface area (Å²) in [7, 11) is 0. The first kappa shape index (κ1) is 12.6. The van der Waals surface area contributed by atoms with Gasteiger partial charge in [0.2, 0.25) is 0 Å². The molecule has 0 aromatic carbocycles. The van der Waals surface area contributed by atoms with Crippen molar-refractivity contribution < 1.29 is 9.90 Å². The van der Waals surface area contributed by atoms with Gasteiger partial charge >= 0.3 is 5.97 Å². The van der Waals surface area contributed by atoms with Crippen LogP contribution in [0.2, 0.25) is 0 Å². The van der Waals surface area contributed by atoms with Crippen molar-refractivity contribution in [2.75, 3.05) is 13.1 Å². The highest BCUT2D eigenvalue weighted by Crippen LogP contribution is 2.04. The van der Waals surface area contributed by atoms with Gasteiger partial charge in [-0.1, -0.05) is 13.8 Å². The van der Waals surface area contributed by atoms with Crippen molar-refractivity contribution in [3.63, 3.8) is 0 Å². The minimum Gasteiger partial charge on any atom is -0.478 e. The molecule has 0 spiro atoms. The molecule has 1 N–H and O–H groups in total. The molecule has 0 unspecified atom stereocenters. The zero-order valence-electron chi connectivity index (χ0n) is 9.81. The van der Waals surface area contributed by atoms with Crippen LogP contribution in [0.3, 0.4) is 0 Å². The Morgan fingerprint density at radius 3 is 2.62 bits per heavy atom. The van der Waals surface area contributed by atoms with Crippen molar-refractivity contribution in [3.8, 4) is 0 Å². The van der Waals surface area contributed by atoms with Crippen molar-refractivity contribution in [2.24, 2.45) is 0 Å². The third kappa shape index (κ3) is 3.62. The molecule has 0 aliphatic rings. The summed E-state index contributed by atoms with van der Waals surface area (Å²) in [4.78, 5) is 17.1. The molecule has 4 heteroatoms. The highest BCUT2D eigenvalue weighted by Gasteiger charge is 2.06. The Morgan fingerprint density at radius 1 is 1.44 bits per heavy atom. The number of aromatic carboxylic acids is 1. The zero-order valence-corrected chi connectivity index (χ0v) is 9.81. The summed E-state index contributed by atoms with van der Waals surface area (Å²) in [6.45, 7) is 7.06. The fourth-order valence-electron chi connectivity index (χ4n) is 1.54. The van der Waals surface area contributed by atoms with Gasteiger partial charge < -0.3 is 5.11 Å². The number of rotatable bonds is 6. The first-order chi connectivity index (χ1) is 7.67. The molecule has 88 valence electrons. The van der Waals surface area contributed by atoms with Crippen LogP contribution in [0.15, 0.2) is 18.3 Å². The molecule has 0 atom stereocenters. The van der Waals surface area contributed by atoms with E-state index in [9.17, 15) is 4.79 Å². The highest BCUT2D eigenvalue weighted by atomic mass is 16.4. The van der Waals surface area contributed by atoms with E-state index in [4.69, 9.17) is 5.11 Å². The number of nitrogens with zero attached hydrogens (tertiary/aromatic N) is 2. The third-order valence-corrected chi connectivity index (χ3v) is 2.44. The van der Waals surface area contributed by atoms with Crippen molar-refractivity contribution >= 4 is 5.97 Å². The lowest BCUT2D eigenvalue weighted by atomic mass is 10.2. The van der Waals surface area contributed by atoms with Gasteiger partial charge in [-0.25, -0.2) is 4.79 Å². The average Bonchev–Trinajstić information content (AvgIpc) is 2.29. The number of carboxylic acid groups (broad SMARTS) is 1. The predicted molar refractivity (Wildman–Crippen MR) is 62.4 cm³/mol. The summed E-state index contributed by atoms with van der Waals surface area (Å²) < 4.78 is 0. The summed E-state index contributed by atoms with van der Waals surface area (Å²) in [6.07, 6.45) is 2.53. The molecule has 1 aromatic heterocycles. The number of hydrogen-bond donors (Lipinski definition) is 1. The van der Waals surface area contributed by atoms with E-state index in [-0.39, 0.29) is 5.56 Å². The lowest BCUT2D eigenvalue weighted by Crippen LogP contribution is -2.24. The largest absolute Gasteiger partial charge is 0.478 e. The van der Waals surface area contributed by atoms with Crippen LogP contribution in [-0.4, -0.2) is 34.0 Å². The average molecular weight is 222 g/mol. The molecular formula is C12H18N2O2. The molecule has 0 aliphatic heterocycles. The first-order valence-electron chi connectivity index (χ1n) is 5.58. The number of carbonyl (C=O) groups is 1. The Morgan fingerprint density at radius 2 is 2.19 bits per heavy atom. The second kappa shape index (κ2) is 6.23. The van der Waals surface area contributed by atoms with Gasteiger partial charge in [-0.2, -0.15) is 0 Å². The molecule has 0 amide bonds. The van der Waals surface area contributed by atoms with Gasteiger partial charge in [0.15, 0.2) is 0 Å². The van der Waals surface area contributed by atoms with E-state index in [1.165, 1.54) is 6.20 Å². The molecule has 16 heavy (non-hydrogen) atoms. The molecule has 4 nitrogen and oxygen atoms in total. The molecule has 0 bridgehead atoms. The summed E-state index contributed by atoms with van der Waals surface area (Å²) in [5.74, 6) is -0.931. The van der Waals surface area contributed by atoms with Gasteiger partial charge in [0.05, 0.1) is 11.3 Å². The normalized spacial score (nSPS) is 10.7. The minimum absolute atomic E-state index is 0.238. The Labute approximate surface area is 95.9 Å². The molecule has 0 radical (unpaired) electrons. The molecule has 1 aromatic rings. The maximum atomic E-state index is 10.6. The van der Waals surface area contributed by atoms with Crippen LogP contribution in [-0.2, 0) is 6.54 Å². The van der Waals surface area contributed by atoms with Gasteiger partial charge in [-0.3, -0.25) is 9.88 Å². The highest BCUT2D eigenvalue weighted by molar-refractivity contribution is 5.87. The maximum absolute atomic E-state index is 10.6. The van der Waals surface area contributed by atoms with Crippen molar-refractivity contribution in [3.05, 3.63) is 29.6 Å². The van der Waals surface area contributed by atoms with Gasteiger partial charge in [-0.05, 0) is 31.6 Å². The molecule has 0 saturated heterocycles. The Hall–Kier alpha value is -1.42. The van der Waals surface area contributed by atoms with Crippen LogP contribution in [0, 0.1) is 0 Å². The van der Waals surface area contributed by atoms with E-state index in [1.807, 2.05) is 0 Å². The fraction of sp³-hybridized carbons (Fsp3) is 0.500. The molecule has 0 saturated carbocycles. The second-order valence-corrected chi connectivity index (χ2v) is 3.71. The van der Waals surface area contributed by atoms with Gasteiger partial charge in [0.1, 0.15) is 0 Å². The minimum atomic E-state index is -0.931. The van der Waals surface area contributed by atoms with Crippen LogP contribution in [0.5, 0.6) is 0 Å². The summed E-state index contributed by atoms with van der Waals surface area (Å²) in [6, 6.07) is 3.38. The lowest BCUT2D eigenvalue weighted by molar-refractivity contribution is 0.0696. The van der Waals surface area contributed by atoms with E-state index in [0.717, 1.165) is 31.7 Å². The number of carboxylic acids is 1. The SMILES string of the molecule is CCCN(CC)Cc1ccc(C(=O)O)cn1. The summed E-state index contributed by atoms with van der Waals surface area (Å²) in [5.41, 5.74) is 1.16. The van der Waals surface area contributed by atoms with Crippen LogP contribution < -0.4 is 0 Å². The topological polar surface area (TPSA) is 53.4 Å². The summed E-state index contributed by atoms with van der Waals surface area (Å²) >= 11 is 0. The number of aromatic nitrogens is 1. The lowest BCUT2D eigenvalue weighted by Gasteiger charge is -2.18. The Kier molecular flexibility index (Phi) is 4.92.